The molecule has 0 amide bonds. The zero-order chi connectivity index (χ0) is 21.2. The fraction of sp³-hybridized carbons (Fsp3) is 0.267. The van der Waals surface area contributed by atoms with Gasteiger partial charge in [-0.25, -0.2) is 0 Å². The summed E-state index contributed by atoms with van der Waals surface area (Å²) in [7, 11) is 0. The molecule has 0 saturated carbocycles. The summed E-state index contributed by atoms with van der Waals surface area (Å²) < 4.78 is 1.18. The average molecular weight is 469 g/mol. The van der Waals surface area contributed by atoms with Crippen LogP contribution >= 0.6 is 15.9 Å². The normalized spacial score (nSPS) is 11.8. The fourth-order valence-electron chi connectivity index (χ4n) is 5.01. The van der Waals surface area contributed by atoms with Gasteiger partial charge in [0.15, 0.2) is 0 Å². The average Bonchev–Trinajstić information content (AvgIpc) is 2.81. The number of rotatable bonds is 8. The van der Waals surface area contributed by atoms with E-state index >= 15 is 0 Å². The van der Waals surface area contributed by atoms with Crippen molar-refractivity contribution in [2.75, 3.05) is 0 Å². The van der Waals surface area contributed by atoms with E-state index in [1.165, 1.54) is 92.0 Å². The van der Waals surface area contributed by atoms with Crippen LogP contribution in [0.2, 0.25) is 0 Å². The first-order valence-electron chi connectivity index (χ1n) is 11.7. The molecule has 0 saturated heterocycles. The Hall–Kier alpha value is -2.38. The molecule has 0 atom stereocenters. The molecule has 0 aliphatic carbocycles. The maximum Gasteiger partial charge on any atom is 0.0254 e. The third-order valence-corrected chi connectivity index (χ3v) is 7.36. The highest BCUT2D eigenvalue weighted by Crippen LogP contribution is 2.41. The zero-order valence-corrected chi connectivity index (χ0v) is 19.8. The summed E-state index contributed by atoms with van der Waals surface area (Å²) in [6.07, 6.45) is 9.22. The topological polar surface area (TPSA) is 0 Å². The second kappa shape index (κ2) is 9.01. The Morgan fingerprint density at radius 2 is 1.29 bits per heavy atom. The molecule has 0 nitrogen and oxygen atoms in total. The fourth-order valence-corrected chi connectivity index (χ4v) is 5.47. The van der Waals surface area contributed by atoms with Crippen molar-refractivity contribution in [3.8, 4) is 11.1 Å². The van der Waals surface area contributed by atoms with E-state index in [9.17, 15) is 0 Å². The number of halogens is 1. The van der Waals surface area contributed by atoms with Crippen molar-refractivity contribution in [2.45, 2.75) is 51.9 Å². The molecule has 0 fully saturated rings. The highest BCUT2D eigenvalue weighted by Gasteiger charge is 2.13. The minimum absolute atomic E-state index is 1.16. The second-order valence-electron chi connectivity index (χ2n) is 8.80. The van der Waals surface area contributed by atoms with Gasteiger partial charge in [0.2, 0.25) is 0 Å². The molecule has 1 heteroatoms. The van der Waals surface area contributed by atoms with E-state index in [4.69, 9.17) is 0 Å². The lowest BCUT2D eigenvalue weighted by molar-refractivity contribution is 0.607. The van der Waals surface area contributed by atoms with Crippen LogP contribution in [0.15, 0.2) is 77.3 Å². The molecule has 0 bridgehead atoms. The molecule has 0 aromatic heterocycles. The molecule has 5 rings (SSSR count). The van der Waals surface area contributed by atoms with Gasteiger partial charge in [0.1, 0.15) is 0 Å². The lowest BCUT2D eigenvalue weighted by Gasteiger charge is -2.15. The summed E-state index contributed by atoms with van der Waals surface area (Å²) in [5.41, 5.74) is 4.07. The van der Waals surface area contributed by atoms with Gasteiger partial charge in [0.25, 0.3) is 0 Å². The van der Waals surface area contributed by atoms with E-state index in [-0.39, 0.29) is 0 Å². The summed E-state index contributed by atoms with van der Waals surface area (Å²) in [5, 5.41) is 8.09. The smallest absolute Gasteiger partial charge is 0.0254 e. The van der Waals surface area contributed by atoms with E-state index < -0.39 is 0 Å². The van der Waals surface area contributed by atoms with Crippen LogP contribution in [0.4, 0.5) is 0 Å². The Morgan fingerprint density at radius 3 is 2.10 bits per heavy atom. The van der Waals surface area contributed by atoms with Gasteiger partial charge < -0.3 is 0 Å². The van der Waals surface area contributed by atoms with Gasteiger partial charge in [-0.2, -0.15) is 0 Å². The highest BCUT2D eigenvalue weighted by atomic mass is 79.9. The molecule has 156 valence electrons. The molecular weight excluding hydrogens is 440 g/mol. The molecule has 0 heterocycles. The van der Waals surface area contributed by atoms with Gasteiger partial charge in [0, 0.05) is 4.47 Å². The summed E-state index contributed by atoms with van der Waals surface area (Å²) in [4.78, 5) is 0. The van der Waals surface area contributed by atoms with Crippen LogP contribution < -0.4 is 0 Å². The number of benzene rings is 5. The van der Waals surface area contributed by atoms with Crippen molar-refractivity contribution >= 4 is 48.2 Å². The van der Waals surface area contributed by atoms with Crippen LogP contribution in [0.3, 0.4) is 0 Å². The third kappa shape index (κ3) is 3.96. The summed E-state index contributed by atoms with van der Waals surface area (Å²) in [5.74, 6) is 0. The van der Waals surface area contributed by atoms with Crippen LogP contribution in [-0.4, -0.2) is 0 Å². The number of hydrogen-bond acceptors (Lipinski definition) is 0. The Morgan fingerprint density at radius 1 is 0.613 bits per heavy atom. The minimum atomic E-state index is 1.16. The van der Waals surface area contributed by atoms with Crippen molar-refractivity contribution in [1.29, 1.82) is 0 Å². The predicted octanol–water partition coefficient (Wildman–Crippen LogP) is 9.92. The van der Waals surface area contributed by atoms with Crippen LogP contribution in [0.5, 0.6) is 0 Å². The predicted molar refractivity (Wildman–Crippen MR) is 140 cm³/mol. The Bertz CT molecular complexity index is 1320. The van der Waals surface area contributed by atoms with Gasteiger partial charge in [-0.1, -0.05) is 122 Å². The van der Waals surface area contributed by atoms with Crippen molar-refractivity contribution in [1.82, 2.24) is 0 Å². The molecule has 0 aliphatic rings. The maximum absolute atomic E-state index is 3.85. The van der Waals surface area contributed by atoms with Crippen molar-refractivity contribution < 1.29 is 0 Å². The maximum atomic E-state index is 3.85. The summed E-state index contributed by atoms with van der Waals surface area (Å²) in [6.45, 7) is 2.28. The number of unbranched alkanes of at least 4 members (excludes halogenated alkanes) is 5. The van der Waals surface area contributed by atoms with Gasteiger partial charge in [-0.15, -0.1) is 0 Å². The SMILES string of the molecule is CCCCCCCCc1ccc(Br)c(-c2ccc3ccc4cccc5ccc2c3c45)c1. The van der Waals surface area contributed by atoms with Crippen molar-refractivity contribution in [2.24, 2.45) is 0 Å². The monoisotopic (exact) mass is 468 g/mol. The van der Waals surface area contributed by atoms with Crippen molar-refractivity contribution in [3.05, 3.63) is 82.8 Å². The molecule has 5 aromatic carbocycles. The number of aryl methyl sites for hydroxylation is 1. The molecule has 5 aromatic rings. The van der Waals surface area contributed by atoms with E-state index in [0.717, 1.165) is 6.42 Å². The molecule has 0 spiro atoms. The molecule has 0 N–H and O–H groups in total. The van der Waals surface area contributed by atoms with Crippen LogP contribution in [0, 0.1) is 0 Å². The zero-order valence-electron chi connectivity index (χ0n) is 18.3. The summed E-state index contributed by atoms with van der Waals surface area (Å²) >= 11 is 3.85. The minimum Gasteiger partial charge on any atom is -0.0654 e. The largest absolute Gasteiger partial charge is 0.0654 e. The Kier molecular flexibility index (Phi) is 5.96. The van der Waals surface area contributed by atoms with E-state index in [2.05, 4.69) is 95.7 Å². The van der Waals surface area contributed by atoms with E-state index in [0.29, 0.717) is 0 Å². The first-order valence-corrected chi connectivity index (χ1v) is 12.5. The third-order valence-electron chi connectivity index (χ3n) is 6.67. The summed E-state index contributed by atoms with van der Waals surface area (Å²) in [6, 6.07) is 27.2. The first kappa shape index (κ1) is 20.5. The molecule has 0 aliphatic heterocycles. The van der Waals surface area contributed by atoms with Gasteiger partial charge >= 0.3 is 0 Å². The highest BCUT2D eigenvalue weighted by molar-refractivity contribution is 9.10. The van der Waals surface area contributed by atoms with Crippen LogP contribution in [0.1, 0.15) is 51.0 Å². The number of hydrogen-bond donors (Lipinski definition) is 0. The van der Waals surface area contributed by atoms with E-state index in [1.54, 1.807) is 0 Å². The van der Waals surface area contributed by atoms with Crippen molar-refractivity contribution in [3.63, 3.8) is 0 Å². The van der Waals surface area contributed by atoms with Gasteiger partial charge in [0.05, 0.1) is 0 Å². The molecular formula is C30H29Br. The van der Waals surface area contributed by atoms with Crippen LogP contribution in [-0.2, 0) is 6.42 Å². The first-order chi connectivity index (χ1) is 15.3. The Balaban J connectivity index is 1.53. The Labute approximate surface area is 193 Å². The van der Waals surface area contributed by atoms with E-state index in [1.807, 2.05) is 0 Å². The quantitative estimate of drug-likeness (QED) is 0.157. The lowest BCUT2D eigenvalue weighted by Crippen LogP contribution is -1.91. The second-order valence-corrected chi connectivity index (χ2v) is 9.66. The van der Waals surface area contributed by atoms with Gasteiger partial charge in [-0.05, 0) is 67.9 Å². The molecule has 0 radical (unpaired) electrons. The standard InChI is InChI=1S/C30H29Br/c1-2-3-4-5-6-7-9-21-12-19-28(31)27(20-21)25-17-15-24-14-13-22-10-8-11-23-16-18-26(25)30(24)29(22)23/h8,10-20H,2-7,9H2,1H3. The molecule has 31 heavy (non-hydrogen) atoms. The molecule has 0 unspecified atom stereocenters. The van der Waals surface area contributed by atoms with Crippen LogP contribution in [0.25, 0.3) is 43.4 Å². The lowest BCUT2D eigenvalue weighted by atomic mass is 9.89. The van der Waals surface area contributed by atoms with Gasteiger partial charge in [-0.3, -0.25) is 0 Å².